The molecule has 2 heterocycles. The van der Waals surface area contributed by atoms with Gasteiger partial charge in [-0.05, 0) is 62.2 Å². The molecule has 0 amide bonds. The van der Waals surface area contributed by atoms with Crippen LogP contribution in [0, 0.1) is 0 Å². The van der Waals surface area contributed by atoms with Gasteiger partial charge in [-0.15, -0.1) is 0 Å². The summed E-state index contributed by atoms with van der Waals surface area (Å²) in [4.78, 5) is 6.89. The molecule has 0 bridgehead atoms. The summed E-state index contributed by atoms with van der Waals surface area (Å²) in [6.45, 7) is 3.64. The van der Waals surface area contributed by atoms with Gasteiger partial charge in [0.1, 0.15) is 11.3 Å². The molecule has 1 aliphatic rings. The van der Waals surface area contributed by atoms with E-state index in [4.69, 9.17) is 9.15 Å². The number of oxazole rings is 1. The smallest absolute Gasteiger partial charge is 0.400 e. The SMILES string of the molecule is c1ccc2oc(Oc3ccc(CCN4CCCCC4)cc3)nc2c1. The van der Waals surface area contributed by atoms with E-state index in [1.165, 1.54) is 37.9 Å². The minimum absolute atomic E-state index is 0.289. The van der Waals surface area contributed by atoms with Crippen LogP contribution in [0.5, 0.6) is 11.8 Å². The lowest BCUT2D eigenvalue weighted by molar-refractivity contribution is 0.231. The lowest BCUT2D eigenvalue weighted by Gasteiger charge is -2.26. The van der Waals surface area contributed by atoms with Crippen LogP contribution in [0.2, 0.25) is 0 Å². The van der Waals surface area contributed by atoms with E-state index in [0.717, 1.165) is 29.8 Å². The van der Waals surface area contributed by atoms with Crippen molar-refractivity contribution in [3.05, 3.63) is 54.1 Å². The maximum Gasteiger partial charge on any atom is 0.400 e. The minimum Gasteiger partial charge on any atom is -0.411 e. The molecule has 4 nitrogen and oxygen atoms in total. The Kier molecular flexibility index (Phi) is 4.47. The van der Waals surface area contributed by atoms with Crippen LogP contribution in [0.25, 0.3) is 11.1 Å². The average molecular weight is 322 g/mol. The van der Waals surface area contributed by atoms with E-state index in [1.807, 2.05) is 36.4 Å². The third-order valence-corrected chi connectivity index (χ3v) is 4.57. The molecule has 1 fully saturated rings. The number of nitrogens with zero attached hydrogens (tertiary/aromatic N) is 2. The minimum atomic E-state index is 0.289. The molecule has 3 aromatic rings. The van der Waals surface area contributed by atoms with Gasteiger partial charge in [0.15, 0.2) is 5.58 Å². The normalized spacial score (nSPS) is 15.7. The van der Waals surface area contributed by atoms with Gasteiger partial charge in [0.05, 0.1) is 0 Å². The maximum absolute atomic E-state index is 5.72. The molecule has 1 saturated heterocycles. The van der Waals surface area contributed by atoms with E-state index in [1.54, 1.807) is 0 Å². The lowest BCUT2D eigenvalue weighted by atomic mass is 10.1. The summed E-state index contributed by atoms with van der Waals surface area (Å²) in [5.74, 6) is 0.753. The van der Waals surface area contributed by atoms with Gasteiger partial charge >= 0.3 is 6.08 Å². The van der Waals surface area contributed by atoms with Crippen molar-refractivity contribution in [2.24, 2.45) is 0 Å². The van der Waals surface area contributed by atoms with Crippen LogP contribution in [0.15, 0.2) is 52.9 Å². The molecule has 0 saturated carbocycles. The highest BCUT2D eigenvalue weighted by atomic mass is 16.6. The molecular formula is C20H22N2O2. The number of aromatic nitrogens is 1. The number of hydrogen-bond acceptors (Lipinski definition) is 4. The second-order valence-corrected chi connectivity index (χ2v) is 6.35. The summed E-state index contributed by atoms with van der Waals surface area (Å²) in [6.07, 6.45) is 5.45. The Bertz CT molecular complexity index is 756. The fraction of sp³-hybridized carbons (Fsp3) is 0.350. The second kappa shape index (κ2) is 7.05. The van der Waals surface area contributed by atoms with Crippen molar-refractivity contribution in [1.82, 2.24) is 9.88 Å². The largest absolute Gasteiger partial charge is 0.411 e. The van der Waals surface area contributed by atoms with Crippen LogP contribution < -0.4 is 4.74 Å². The first-order chi connectivity index (χ1) is 11.9. The number of benzene rings is 2. The molecule has 4 rings (SSSR count). The van der Waals surface area contributed by atoms with Crippen LogP contribution in [0.3, 0.4) is 0 Å². The van der Waals surface area contributed by atoms with E-state index < -0.39 is 0 Å². The van der Waals surface area contributed by atoms with Gasteiger partial charge in [-0.3, -0.25) is 0 Å². The molecule has 0 atom stereocenters. The molecule has 124 valence electrons. The van der Waals surface area contributed by atoms with Crippen molar-refractivity contribution < 1.29 is 9.15 Å². The standard InChI is InChI=1S/C20H22N2O2/c1-4-13-22(14-5-1)15-12-16-8-10-17(11-9-16)23-20-21-18-6-2-3-7-19(18)24-20/h2-3,6-11H,1,4-5,12-15H2. The first-order valence-corrected chi connectivity index (χ1v) is 8.71. The summed E-state index contributed by atoms with van der Waals surface area (Å²) >= 11 is 0. The molecular weight excluding hydrogens is 300 g/mol. The van der Waals surface area contributed by atoms with E-state index in [9.17, 15) is 0 Å². The van der Waals surface area contributed by atoms with Crippen molar-refractivity contribution in [3.63, 3.8) is 0 Å². The van der Waals surface area contributed by atoms with Gasteiger partial charge in [-0.25, -0.2) is 0 Å². The molecule has 0 N–H and O–H groups in total. The van der Waals surface area contributed by atoms with Gasteiger partial charge in [-0.2, -0.15) is 4.98 Å². The fourth-order valence-corrected chi connectivity index (χ4v) is 3.19. The highest BCUT2D eigenvalue weighted by molar-refractivity contribution is 5.72. The molecule has 2 aromatic carbocycles. The van der Waals surface area contributed by atoms with Crippen molar-refractivity contribution in [1.29, 1.82) is 0 Å². The lowest BCUT2D eigenvalue weighted by Crippen LogP contribution is -2.31. The zero-order valence-electron chi connectivity index (χ0n) is 13.8. The number of hydrogen-bond donors (Lipinski definition) is 0. The molecule has 1 aromatic heterocycles. The molecule has 0 radical (unpaired) electrons. The number of ether oxygens (including phenoxy) is 1. The number of rotatable bonds is 5. The Morgan fingerprint density at radius 2 is 1.75 bits per heavy atom. The summed E-state index contributed by atoms with van der Waals surface area (Å²) in [6, 6.07) is 15.9. The van der Waals surface area contributed by atoms with E-state index in [2.05, 4.69) is 22.0 Å². The van der Waals surface area contributed by atoms with Gasteiger partial charge < -0.3 is 14.1 Å². The third-order valence-electron chi connectivity index (χ3n) is 4.57. The third kappa shape index (κ3) is 3.60. The van der Waals surface area contributed by atoms with Crippen LogP contribution >= 0.6 is 0 Å². The number of fused-ring (bicyclic) bond motifs is 1. The van der Waals surface area contributed by atoms with Gasteiger partial charge in [0.25, 0.3) is 0 Å². The highest BCUT2D eigenvalue weighted by Crippen LogP contribution is 2.25. The Labute approximate surface area is 142 Å². The van der Waals surface area contributed by atoms with E-state index in [0.29, 0.717) is 0 Å². The summed E-state index contributed by atoms with van der Waals surface area (Å²) < 4.78 is 11.3. The fourth-order valence-electron chi connectivity index (χ4n) is 3.19. The van der Waals surface area contributed by atoms with E-state index in [-0.39, 0.29) is 6.08 Å². The topological polar surface area (TPSA) is 38.5 Å². The van der Waals surface area contributed by atoms with Gasteiger partial charge in [-0.1, -0.05) is 30.7 Å². The van der Waals surface area contributed by atoms with Crippen molar-refractivity contribution in [2.45, 2.75) is 25.7 Å². The average Bonchev–Trinajstić information content (AvgIpc) is 3.04. The van der Waals surface area contributed by atoms with Gasteiger partial charge in [0, 0.05) is 6.54 Å². The first kappa shape index (κ1) is 15.2. The van der Waals surface area contributed by atoms with Crippen LogP contribution in [0.4, 0.5) is 0 Å². The Hall–Kier alpha value is -2.33. The zero-order valence-corrected chi connectivity index (χ0v) is 13.8. The quantitative estimate of drug-likeness (QED) is 0.685. The Balaban J connectivity index is 1.36. The Morgan fingerprint density at radius 3 is 2.54 bits per heavy atom. The Morgan fingerprint density at radius 1 is 0.958 bits per heavy atom. The maximum atomic E-state index is 5.72. The van der Waals surface area contributed by atoms with Crippen LogP contribution in [0.1, 0.15) is 24.8 Å². The molecule has 0 aliphatic carbocycles. The van der Waals surface area contributed by atoms with Crippen molar-refractivity contribution in [2.75, 3.05) is 19.6 Å². The highest BCUT2D eigenvalue weighted by Gasteiger charge is 2.10. The van der Waals surface area contributed by atoms with Crippen LogP contribution in [-0.4, -0.2) is 29.5 Å². The number of likely N-dealkylation sites (tertiary alicyclic amines) is 1. The molecule has 24 heavy (non-hydrogen) atoms. The van der Waals surface area contributed by atoms with Crippen LogP contribution in [-0.2, 0) is 6.42 Å². The zero-order chi connectivity index (χ0) is 16.2. The molecule has 4 heteroatoms. The van der Waals surface area contributed by atoms with Crippen molar-refractivity contribution >= 4 is 11.1 Å². The van der Waals surface area contributed by atoms with Crippen molar-refractivity contribution in [3.8, 4) is 11.8 Å². The molecule has 1 aliphatic heterocycles. The predicted molar refractivity (Wildman–Crippen MR) is 94.5 cm³/mol. The molecule has 0 spiro atoms. The van der Waals surface area contributed by atoms with Gasteiger partial charge in [0.2, 0.25) is 0 Å². The summed E-state index contributed by atoms with van der Waals surface area (Å²) in [7, 11) is 0. The number of para-hydroxylation sites is 2. The summed E-state index contributed by atoms with van der Waals surface area (Å²) in [5, 5.41) is 0. The second-order valence-electron chi connectivity index (χ2n) is 6.35. The summed E-state index contributed by atoms with van der Waals surface area (Å²) in [5.41, 5.74) is 2.89. The molecule has 0 unspecified atom stereocenters. The first-order valence-electron chi connectivity index (χ1n) is 8.71. The number of piperidine rings is 1. The predicted octanol–water partition coefficient (Wildman–Crippen LogP) is 4.65. The monoisotopic (exact) mass is 322 g/mol. The van der Waals surface area contributed by atoms with E-state index >= 15 is 0 Å².